The van der Waals surface area contributed by atoms with E-state index >= 15 is 8.78 Å². The summed E-state index contributed by atoms with van der Waals surface area (Å²) in [4.78, 5) is 30.1. The summed E-state index contributed by atoms with van der Waals surface area (Å²) in [5.74, 6) is -1.39. The van der Waals surface area contributed by atoms with Gasteiger partial charge in [-0.1, -0.05) is 18.6 Å². The van der Waals surface area contributed by atoms with Gasteiger partial charge in [-0.2, -0.15) is 9.97 Å². The molecule has 0 spiro atoms. The molecule has 4 aliphatic rings. The number of methoxy groups -OCH3 is 1. The van der Waals surface area contributed by atoms with Gasteiger partial charge in [0.15, 0.2) is 5.82 Å². The fraction of sp³-hybridized carbons (Fsp3) is 0.538. The van der Waals surface area contributed by atoms with Crippen LogP contribution < -0.4 is 19.7 Å². The molecule has 4 fully saturated rings. The van der Waals surface area contributed by atoms with E-state index in [4.69, 9.17) is 19.2 Å². The van der Waals surface area contributed by atoms with Gasteiger partial charge in [0.25, 0.3) is 0 Å². The third-order valence-corrected chi connectivity index (χ3v) is 11.6. The molecule has 2 aliphatic heterocycles. The van der Waals surface area contributed by atoms with Gasteiger partial charge in [0.2, 0.25) is 11.8 Å². The van der Waals surface area contributed by atoms with Crippen LogP contribution in [0.1, 0.15) is 58.8 Å². The summed E-state index contributed by atoms with van der Waals surface area (Å²) in [6.45, 7) is 5.40. The largest absolute Gasteiger partial charge is 0.508 e. The van der Waals surface area contributed by atoms with E-state index in [1.54, 1.807) is 24.8 Å². The molecule has 0 radical (unpaired) electrons. The van der Waals surface area contributed by atoms with Crippen LogP contribution in [0.15, 0.2) is 30.3 Å². The molecular formula is C39H46F2N6O6. The van der Waals surface area contributed by atoms with Gasteiger partial charge < -0.3 is 34.6 Å². The highest BCUT2D eigenvalue weighted by molar-refractivity contribution is 6.02. The molecule has 2 saturated carbocycles. The zero-order valence-corrected chi connectivity index (χ0v) is 30.3. The molecule has 4 aromatic rings. The SMILES string of the molecule is COc1nc(-c2cc(O)cc3cccc(F)c23)c(F)c2nc(OC[C@]34CCC[C@H]3N(C3CC(NC(C)=O)C3)CCC4)nc(N3CCOC[C@@](C)(O)C3)c12. The number of likely N-dealkylation sites (tertiary alicyclic amines) is 1. The molecule has 53 heavy (non-hydrogen) atoms. The first-order valence-electron chi connectivity index (χ1n) is 18.5. The Hall–Kier alpha value is -4.40. The van der Waals surface area contributed by atoms with Gasteiger partial charge in [0, 0.05) is 48.0 Å². The normalized spacial score (nSPS) is 27.7. The Bertz CT molecular complexity index is 2060. The van der Waals surface area contributed by atoms with E-state index in [9.17, 15) is 15.0 Å². The number of aromatic hydroxyl groups is 1. The minimum absolute atomic E-state index is 0.00108. The number of carbonyl (C=O) groups is 1. The number of rotatable bonds is 8. The van der Waals surface area contributed by atoms with Crippen LogP contribution >= 0.6 is 0 Å². The molecule has 8 rings (SSSR count). The number of halogens is 2. The zero-order valence-electron chi connectivity index (χ0n) is 30.3. The summed E-state index contributed by atoms with van der Waals surface area (Å²) < 4.78 is 50.5. The maximum absolute atomic E-state index is 17.1. The van der Waals surface area contributed by atoms with Gasteiger partial charge in [0.1, 0.15) is 39.6 Å². The number of piperidine rings is 1. The number of pyridine rings is 1. The Morgan fingerprint density at radius 1 is 1.11 bits per heavy atom. The topological polar surface area (TPSA) is 142 Å². The molecule has 0 unspecified atom stereocenters. The first kappa shape index (κ1) is 35.6. The zero-order chi connectivity index (χ0) is 37.1. The molecule has 3 N–H and O–H groups in total. The number of hydrogen-bond acceptors (Lipinski definition) is 11. The van der Waals surface area contributed by atoms with Crippen molar-refractivity contribution in [1.82, 2.24) is 25.2 Å². The van der Waals surface area contributed by atoms with Crippen molar-refractivity contribution in [3.8, 4) is 28.9 Å². The lowest BCUT2D eigenvalue weighted by molar-refractivity contribution is -0.121. The van der Waals surface area contributed by atoms with Crippen LogP contribution in [0.5, 0.6) is 17.6 Å². The number of phenols is 1. The highest BCUT2D eigenvalue weighted by atomic mass is 19.1. The maximum Gasteiger partial charge on any atom is 0.319 e. The van der Waals surface area contributed by atoms with Crippen LogP contribution in [-0.2, 0) is 9.53 Å². The lowest BCUT2D eigenvalue weighted by atomic mass is 9.73. The van der Waals surface area contributed by atoms with E-state index in [2.05, 4.69) is 20.2 Å². The van der Waals surface area contributed by atoms with Crippen LogP contribution in [0, 0.1) is 17.0 Å². The molecule has 2 aliphatic carbocycles. The van der Waals surface area contributed by atoms with Crippen LogP contribution in [0.2, 0.25) is 0 Å². The second kappa shape index (κ2) is 13.8. The van der Waals surface area contributed by atoms with Crippen molar-refractivity contribution in [2.75, 3.05) is 51.5 Å². The first-order chi connectivity index (χ1) is 25.4. The quantitative estimate of drug-likeness (QED) is 0.223. The second-order valence-electron chi connectivity index (χ2n) is 15.6. The molecule has 1 amide bonds. The van der Waals surface area contributed by atoms with Gasteiger partial charge in [-0.05, 0) is 75.6 Å². The molecule has 4 heterocycles. The molecule has 2 aromatic carbocycles. The van der Waals surface area contributed by atoms with Crippen molar-refractivity contribution in [2.24, 2.45) is 5.41 Å². The van der Waals surface area contributed by atoms with Gasteiger partial charge in [0.05, 0.1) is 33.5 Å². The molecule has 3 atom stereocenters. The van der Waals surface area contributed by atoms with Crippen LogP contribution in [0.3, 0.4) is 0 Å². The minimum atomic E-state index is -1.24. The molecule has 2 saturated heterocycles. The Morgan fingerprint density at radius 3 is 2.72 bits per heavy atom. The van der Waals surface area contributed by atoms with Gasteiger partial charge in [-0.25, -0.2) is 13.8 Å². The van der Waals surface area contributed by atoms with E-state index < -0.39 is 17.2 Å². The van der Waals surface area contributed by atoms with E-state index in [0.717, 1.165) is 51.5 Å². The summed E-state index contributed by atoms with van der Waals surface area (Å²) in [7, 11) is 1.40. The summed E-state index contributed by atoms with van der Waals surface area (Å²) in [6.07, 6.45) is 6.96. The van der Waals surface area contributed by atoms with E-state index in [1.165, 1.54) is 31.4 Å². The summed E-state index contributed by atoms with van der Waals surface area (Å²) in [5.41, 5.74) is -1.75. The first-order valence-corrected chi connectivity index (χ1v) is 18.5. The number of aliphatic hydroxyl groups is 1. The third-order valence-electron chi connectivity index (χ3n) is 11.6. The number of benzene rings is 2. The Labute approximate surface area is 306 Å². The second-order valence-corrected chi connectivity index (χ2v) is 15.6. The lowest BCUT2D eigenvalue weighted by Crippen LogP contribution is -2.61. The van der Waals surface area contributed by atoms with E-state index in [1.807, 2.05) is 0 Å². The number of hydrogen-bond donors (Lipinski definition) is 3. The van der Waals surface area contributed by atoms with Crippen molar-refractivity contribution < 1.29 is 38.0 Å². The Morgan fingerprint density at radius 2 is 1.92 bits per heavy atom. The highest BCUT2D eigenvalue weighted by Crippen LogP contribution is 2.50. The monoisotopic (exact) mass is 732 g/mol. The summed E-state index contributed by atoms with van der Waals surface area (Å²) in [5, 5.41) is 25.4. The van der Waals surface area contributed by atoms with E-state index in [0.29, 0.717) is 30.6 Å². The van der Waals surface area contributed by atoms with Crippen molar-refractivity contribution in [2.45, 2.75) is 82.5 Å². The number of nitrogens with zero attached hydrogens (tertiary/aromatic N) is 5. The average molecular weight is 733 g/mol. The highest BCUT2D eigenvalue weighted by Gasteiger charge is 2.52. The lowest BCUT2D eigenvalue weighted by Gasteiger charge is -2.53. The number of amides is 1. The Balaban J connectivity index is 1.21. The average Bonchev–Trinajstić information content (AvgIpc) is 3.45. The van der Waals surface area contributed by atoms with Crippen LogP contribution in [0.25, 0.3) is 32.9 Å². The number of nitrogens with one attached hydrogen (secondary N) is 1. The fourth-order valence-corrected chi connectivity index (χ4v) is 9.31. The molecule has 12 nitrogen and oxygen atoms in total. The number of aromatic nitrogens is 3. The molecule has 0 bridgehead atoms. The number of β-amino-alcohol motifs (C(OH)–C–C–N with tert-alkyl or cyclic N) is 1. The third kappa shape index (κ3) is 6.58. The van der Waals surface area contributed by atoms with Crippen molar-refractivity contribution in [1.29, 1.82) is 0 Å². The molecule has 14 heteroatoms. The van der Waals surface area contributed by atoms with Crippen LogP contribution in [-0.4, -0.2) is 106 Å². The smallest absolute Gasteiger partial charge is 0.319 e. The van der Waals surface area contributed by atoms with Crippen molar-refractivity contribution in [3.63, 3.8) is 0 Å². The number of phenolic OH excluding ortho intramolecular Hbond substituents is 1. The predicted molar refractivity (Wildman–Crippen MR) is 194 cm³/mol. The number of ether oxygens (including phenoxy) is 3. The van der Waals surface area contributed by atoms with Crippen molar-refractivity contribution in [3.05, 3.63) is 42.0 Å². The molecular weight excluding hydrogens is 686 g/mol. The summed E-state index contributed by atoms with van der Waals surface area (Å²) >= 11 is 0. The number of anilines is 1. The predicted octanol–water partition coefficient (Wildman–Crippen LogP) is 5.11. The fourth-order valence-electron chi connectivity index (χ4n) is 9.31. The van der Waals surface area contributed by atoms with Crippen molar-refractivity contribution >= 4 is 33.4 Å². The maximum atomic E-state index is 17.1. The molecule has 2 aromatic heterocycles. The standard InChI is InChI=1S/C39H46F2N6O6/c1-22(48)42-24-16-25(17-24)47-12-6-11-39(10-5-9-29(39)47)21-53-37-44-34-31(35(45-37)46-13-14-52-20-38(2,50)19-46)36(51-3)43-33(32(34)41)27-18-26(49)15-23-7-4-8-28(40)30(23)27/h4,7-8,15,18,24-25,29,49-50H,5-6,9-14,16-17,19-21H2,1-3H3,(H,42,48)/t24?,25?,29-,38+,39-/m1/s1. The van der Waals surface area contributed by atoms with Crippen LogP contribution in [0.4, 0.5) is 14.6 Å². The van der Waals surface area contributed by atoms with E-state index in [-0.39, 0.29) is 88.1 Å². The van der Waals surface area contributed by atoms with Gasteiger partial charge >= 0.3 is 6.01 Å². The van der Waals surface area contributed by atoms with Gasteiger partial charge in [-0.15, -0.1) is 0 Å². The minimum Gasteiger partial charge on any atom is -0.508 e. The Kier molecular flexibility index (Phi) is 9.26. The summed E-state index contributed by atoms with van der Waals surface area (Å²) in [6, 6.07) is 7.99. The number of fused-ring (bicyclic) bond motifs is 3. The number of carbonyl (C=O) groups excluding carboxylic acids is 1. The molecule has 282 valence electrons. The van der Waals surface area contributed by atoms with Gasteiger partial charge in [-0.3, -0.25) is 9.69 Å².